The maximum Gasteiger partial charge on any atom is 0.405 e. The Hall–Kier alpha value is -1.31. The van der Waals surface area contributed by atoms with Crippen LogP contribution in [0.25, 0.3) is 0 Å². The van der Waals surface area contributed by atoms with Crippen molar-refractivity contribution in [1.82, 2.24) is 15.5 Å². The summed E-state index contributed by atoms with van der Waals surface area (Å²) in [5.74, 6) is -0.560. The minimum absolute atomic E-state index is 0.0567. The van der Waals surface area contributed by atoms with Gasteiger partial charge in [-0.1, -0.05) is 12.8 Å². The Kier molecular flexibility index (Phi) is 5.31. The number of hydrogen-bond donors (Lipinski definition) is 2. The molecular weight excluding hydrogens is 299 g/mol. The largest absolute Gasteiger partial charge is 0.405 e. The monoisotopic (exact) mass is 321 g/mol. The van der Waals surface area contributed by atoms with E-state index in [0.717, 1.165) is 19.5 Å². The fourth-order valence-electron chi connectivity index (χ4n) is 3.57. The molecule has 1 aliphatic heterocycles. The first-order valence-electron chi connectivity index (χ1n) is 7.65. The number of nitrogens with one attached hydrogen (secondary N) is 2. The highest BCUT2D eigenvalue weighted by Crippen LogP contribution is 2.44. The van der Waals surface area contributed by atoms with Gasteiger partial charge in [-0.05, 0) is 37.6 Å². The third kappa shape index (κ3) is 5.15. The van der Waals surface area contributed by atoms with Gasteiger partial charge in [0, 0.05) is 6.54 Å². The number of urea groups is 1. The molecule has 5 nitrogen and oxygen atoms in total. The van der Waals surface area contributed by atoms with Crippen molar-refractivity contribution in [3.8, 4) is 0 Å². The molecule has 1 saturated heterocycles. The fraction of sp³-hybridized carbons (Fsp3) is 0.857. The number of hydrogen-bond acceptors (Lipinski definition) is 3. The van der Waals surface area contributed by atoms with Crippen LogP contribution in [0.2, 0.25) is 0 Å². The second-order valence-corrected chi connectivity index (χ2v) is 6.37. The number of rotatable bonds is 3. The lowest BCUT2D eigenvalue weighted by molar-refractivity contribution is -0.125. The van der Waals surface area contributed by atoms with Gasteiger partial charge < -0.3 is 5.32 Å². The molecule has 1 spiro atoms. The Morgan fingerprint density at radius 3 is 2.36 bits per heavy atom. The van der Waals surface area contributed by atoms with Gasteiger partial charge in [-0.15, -0.1) is 0 Å². The molecular formula is C14H22F3N3O2. The van der Waals surface area contributed by atoms with Crippen LogP contribution in [0.15, 0.2) is 0 Å². The van der Waals surface area contributed by atoms with Crippen molar-refractivity contribution >= 4 is 11.9 Å². The van der Waals surface area contributed by atoms with E-state index in [1.807, 2.05) is 10.2 Å². The predicted octanol–water partition coefficient (Wildman–Crippen LogP) is 2.03. The van der Waals surface area contributed by atoms with E-state index in [1.165, 1.54) is 32.1 Å². The quantitative estimate of drug-likeness (QED) is 0.836. The average Bonchev–Trinajstić information content (AvgIpc) is 2.83. The van der Waals surface area contributed by atoms with Crippen LogP contribution < -0.4 is 10.6 Å². The molecule has 0 unspecified atom stereocenters. The summed E-state index contributed by atoms with van der Waals surface area (Å²) in [5, 5.41) is 3.57. The van der Waals surface area contributed by atoms with Gasteiger partial charge in [-0.2, -0.15) is 13.2 Å². The first-order chi connectivity index (χ1) is 10.3. The number of halogens is 3. The molecule has 8 heteroatoms. The molecule has 0 aromatic heterocycles. The van der Waals surface area contributed by atoms with Gasteiger partial charge in [0.2, 0.25) is 5.91 Å². The fourth-order valence-corrected chi connectivity index (χ4v) is 3.57. The molecule has 0 bridgehead atoms. The van der Waals surface area contributed by atoms with E-state index >= 15 is 0 Å². The number of piperidine rings is 1. The molecule has 2 rings (SSSR count). The van der Waals surface area contributed by atoms with Crippen molar-refractivity contribution in [3.63, 3.8) is 0 Å². The smallest absolute Gasteiger partial charge is 0.329 e. The van der Waals surface area contributed by atoms with Crippen molar-refractivity contribution in [2.24, 2.45) is 5.41 Å². The molecule has 22 heavy (non-hydrogen) atoms. The summed E-state index contributed by atoms with van der Waals surface area (Å²) < 4.78 is 35.9. The highest BCUT2D eigenvalue weighted by Gasteiger charge is 2.38. The molecule has 0 atom stereocenters. The Morgan fingerprint density at radius 1 is 1.09 bits per heavy atom. The summed E-state index contributed by atoms with van der Waals surface area (Å²) in [7, 11) is 0. The van der Waals surface area contributed by atoms with Gasteiger partial charge in [0.05, 0.1) is 6.54 Å². The number of imide groups is 1. The molecule has 2 N–H and O–H groups in total. The van der Waals surface area contributed by atoms with Crippen LogP contribution in [-0.4, -0.2) is 49.2 Å². The highest BCUT2D eigenvalue weighted by molar-refractivity contribution is 5.95. The van der Waals surface area contributed by atoms with Crippen LogP contribution in [0.4, 0.5) is 18.0 Å². The molecule has 2 fully saturated rings. The molecule has 1 saturated carbocycles. The summed E-state index contributed by atoms with van der Waals surface area (Å²) in [6.07, 6.45) is 2.51. The predicted molar refractivity (Wildman–Crippen MR) is 74.2 cm³/mol. The van der Waals surface area contributed by atoms with Crippen LogP contribution in [0, 0.1) is 5.41 Å². The Labute approximate surface area is 127 Å². The van der Waals surface area contributed by atoms with E-state index in [-0.39, 0.29) is 6.54 Å². The molecule has 0 radical (unpaired) electrons. The summed E-state index contributed by atoms with van der Waals surface area (Å²) in [5.41, 5.74) is 0.303. The van der Waals surface area contributed by atoms with E-state index in [9.17, 15) is 22.8 Å². The third-order valence-corrected chi connectivity index (χ3v) is 4.47. The number of alkyl halides is 3. The van der Waals surface area contributed by atoms with E-state index in [0.29, 0.717) is 5.41 Å². The van der Waals surface area contributed by atoms with E-state index in [4.69, 9.17) is 0 Å². The third-order valence-electron chi connectivity index (χ3n) is 4.47. The lowest BCUT2D eigenvalue weighted by Crippen LogP contribution is -2.49. The molecule has 126 valence electrons. The standard InChI is InChI=1S/C14H22F3N3O2/c15-14(16,17)9-18-12(22)19-11(21)8-20-7-3-6-13(10-20)4-1-2-5-13/h1-10H2,(H2,18,19,21,22). The van der Waals surface area contributed by atoms with Crippen LogP contribution in [0.5, 0.6) is 0 Å². The molecule has 3 amide bonds. The van der Waals surface area contributed by atoms with Crippen LogP contribution in [0.3, 0.4) is 0 Å². The van der Waals surface area contributed by atoms with E-state index in [1.54, 1.807) is 5.32 Å². The van der Waals surface area contributed by atoms with Crippen LogP contribution in [-0.2, 0) is 4.79 Å². The number of nitrogens with zero attached hydrogens (tertiary/aromatic N) is 1. The second kappa shape index (κ2) is 6.85. The van der Waals surface area contributed by atoms with E-state index in [2.05, 4.69) is 0 Å². The van der Waals surface area contributed by atoms with E-state index < -0.39 is 24.7 Å². The topological polar surface area (TPSA) is 61.4 Å². The minimum Gasteiger partial charge on any atom is -0.329 e. The molecule has 1 aliphatic carbocycles. The average molecular weight is 321 g/mol. The van der Waals surface area contributed by atoms with Crippen molar-refractivity contribution < 1.29 is 22.8 Å². The SMILES string of the molecule is O=C(CN1CCCC2(CCCC2)C1)NC(=O)NCC(F)(F)F. The molecule has 0 aromatic carbocycles. The van der Waals surface area contributed by atoms with Gasteiger partial charge in [-0.3, -0.25) is 15.0 Å². The lowest BCUT2D eigenvalue weighted by Gasteiger charge is -2.40. The van der Waals surface area contributed by atoms with Crippen molar-refractivity contribution in [1.29, 1.82) is 0 Å². The summed E-state index contributed by atoms with van der Waals surface area (Å²) >= 11 is 0. The number of amides is 3. The zero-order valence-corrected chi connectivity index (χ0v) is 12.5. The summed E-state index contributed by atoms with van der Waals surface area (Å²) in [6, 6.07) is -1.10. The molecule has 2 aliphatic rings. The molecule has 0 aromatic rings. The van der Waals surface area contributed by atoms with Crippen molar-refractivity contribution in [2.45, 2.75) is 44.7 Å². The maximum absolute atomic E-state index is 12.0. The first kappa shape index (κ1) is 17.1. The number of likely N-dealkylation sites (tertiary alicyclic amines) is 1. The van der Waals surface area contributed by atoms with Gasteiger partial charge in [-0.25, -0.2) is 4.79 Å². The first-order valence-corrected chi connectivity index (χ1v) is 7.65. The van der Waals surface area contributed by atoms with Crippen molar-refractivity contribution in [3.05, 3.63) is 0 Å². The van der Waals surface area contributed by atoms with Gasteiger partial charge in [0.1, 0.15) is 6.54 Å². The zero-order valence-electron chi connectivity index (χ0n) is 12.5. The van der Waals surface area contributed by atoms with Crippen LogP contribution >= 0.6 is 0 Å². The van der Waals surface area contributed by atoms with Gasteiger partial charge in [0.15, 0.2) is 0 Å². The van der Waals surface area contributed by atoms with Crippen molar-refractivity contribution in [2.75, 3.05) is 26.2 Å². The minimum atomic E-state index is -4.48. The van der Waals surface area contributed by atoms with Gasteiger partial charge >= 0.3 is 12.2 Å². The normalized spacial score (nSPS) is 21.8. The van der Waals surface area contributed by atoms with Gasteiger partial charge in [0.25, 0.3) is 0 Å². The summed E-state index contributed by atoms with van der Waals surface area (Å²) in [4.78, 5) is 25.0. The second-order valence-electron chi connectivity index (χ2n) is 6.37. The molecule has 1 heterocycles. The zero-order chi connectivity index (χ0) is 16.2. The summed E-state index contributed by atoms with van der Waals surface area (Å²) in [6.45, 7) is 0.240. The van der Waals surface area contributed by atoms with Crippen LogP contribution in [0.1, 0.15) is 38.5 Å². The Bertz CT molecular complexity index is 420. The lowest BCUT2D eigenvalue weighted by atomic mass is 9.78. The number of carbonyl (C=O) groups is 2. The Balaban J connectivity index is 1.73. The Morgan fingerprint density at radius 2 is 1.73 bits per heavy atom. The highest BCUT2D eigenvalue weighted by atomic mass is 19.4. The maximum atomic E-state index is 12.0. The number of carbonyl (C=O) groups excluding carboxylic acids is 2.